The number of halogens is 1. The third-order valence-corrected chi connectivity index (χ3v) is 4.22. The van der Waals surface area contributed by atoms with Crippen LogP contribution in [0, 0.1) is 0 Å². The molecule has 2 amide bonds. The average molecular weight is 311 g/mol. The Balaban J connectivity index is 2.20. The van der Waals surface area contributed by atoms with Gasteiger partial charge < -0.3 is 15.3 Å². The van der Waals surface area contributed by atoms with Crippen molar-refractivity contribution in [1.29, 1.82) is 0 Å². The van der Waals surface area contributed by atoms with Crippen molar-refractivity contribution < 1.29 is 14.7 Å². The summed E-state index contributed by atoms with van der Waals surface area (Å²) in [5.41, 5.74) is 0.130. The lowest BCUT2D eigenvalue weighted by molar-refractivity contribution is -0.139. The minimum absolute atomic E-state index is 0.256. The minimum Gasteiger partial charge on any atom is -0.479 e. The SMILES string of the molecule is CC1(C)CCCN1C(=O)N[C@@H](C(=O)O)c1ccccc1Cl. The van der Waals surface area contributed by atoms with Crippen molar-refractivity contribution in [3.8, 4) is 0 Å². The van der Waals surface area contributed by atoms with Gasteiger partial charge in [-0.25, -0.2) is 9.59 Å². The highest BCUT2D eigenvalue weighted by Crippen LogP contribution is 2.29. The number of rotatable bonds is 3. The van der Waals surface area contributed by atoms with E-state index in [2.05, 4.69) is 5.32 Å². The first kappa shape index (κ1) is 15.6. The highest BCUT2D eigenvalue weighted by Gasteiger charge is 2.37. The Bertz CT molecular complexity index is 560. The van der Waals surface area contributed by atoms with Crippen molar-refractivity contribution >= 4 is 23.6 Å². The maximum absolute atomic E-state index is 12.4. The summed E-state index contributed by atoms with van der Waals surface area (Å²) in [7, 11) is 0. The van der Waals surface area contributed by atoms with Crippen molar-refractivity contribution in [2.75, 3.05) is 6.54 Å². The third kappa shape index (κ3) is 3.29. The van der Waals surface area contributed by atoms with Gasteiger partial charge in [-0.05, 0) is 32.8 Å². The fourth-order valence-corrected chi connectivity index (χ4v) is 2.91. The van der Waals surface area contributed by atoms with E-state index in [0.717, 1.165) is 12.8 Å². The highest BCUT2D eigenvalue weighted by atomic mass is 35.5. The first-order chi connectivity index (χ1) is 9.83. The van der Waals surface area contributed by atoms with Gasteiger partial charge in [0.1, 0.15) is 0 Å². The number of carboxylic acids is 1. The van der Waals surface area contributed by atoms with Gasteiger partial charge in [0.05, 0.1) is 0 Å². The number of benzene rings is 1. The summed E-state index contributed by atoms with van der Waals surface area (Å²) >= 11 is 6.03. The van der Waals surface area contributed by atoms with Crippen molar-refractivity contribution in [1.82, 2.24) is 10.2 Å². The lowest BCUT2D eigenvalue weighted by Gasteiger charge is -2.32. The van der Waals surface area contributed by atoms with Gasteiger partial charge >= 0.3 is 12.0 Å². The molecule has 2 N–H and O–H groups in total. The van der Waals surface area contributed by atoms with E-state index in [1.54, 1.807) is 29.2 Å². The van der Waals surface area contributed by atoms with E-state index in [1.807, 2.05) is 13.8 Å². The molecule has 1 saturated heterocycles. The highest BCUT2D eigenvalue weighted by molar-refractivity contribution is 6.31. The number of likely N-dealkylation sites (tertiary alicyclic amines) is 1. The van der Waals surface area contributed by atoms with Crippen molar-refractivity contribution in [2.45, 2.75) is 38.3 Å². The van der Waals surface area contributed by atoms with Crippen LogP contribution in [0.15, 0.2) is 24.3 Å². The van der Waals surface area contributed by atoms with Gasteiger partial charge in [-0.3, -0.25) is 0 Å². The number of nitrogens with one attached hydrogen (secondary N) is 1. The molecule has 1 aromatic rings. The molecule has 0 saturated carbocycles. The summed E-state index contributed by atoms with van der Waals surface area (Å²) in [5.74, 6) is -1.13. The minimum atomic E-state index is -1.15. The van der Waals surface area contributed by atoms with Crippen molar-refractivity contribution in [3.63, 3.8) is 0 Å². The molecule has 2 rings (SSSR count). The molecular weight excluding hydrogens is 292 g/mol. The predicted molar refractivity (Wildman–Crippen MR) is 80.4 cm³/mol. The number of hydrogen-bond acceptors (Lipinski definition) is 2. The van der Waals surface area contributed by atoms with E-state index < -0.39 is 12.0 Å². The lowest BCUT2D eigenvalue weighted by Crippen LogP contribution is -2.50. The number of carbonyl (C=O) groups excluding carboxylic acids is 1. The average Bonchev–Trinajstić information content (AvgIpc) is 2.76. The first-order valence-electron chi connectivity index (χ1n) is 6.88. The molecule has 1 heterocycles. The topological polar surface area (TPSA) is 69.6 Å². The van der Waals surface area contributed by atoms with Gasteiger partial charge in [-0.15, -0.1) is 0 Å². The second-order valence-electron chi connectivity index (χ2n) is 5.81. The van der Waals surface area contributed by atoms with Gasteiger partial charge in [0, 0.05) is 22.7 Å². The molecule has 114 valence electrons. The molecule has 5 nitrogen and oxygen atoms in total. The van der Waals surface area contributed by atoms with Crippen molar-refractivity contribution in [2.24, 2.45) is 0 Å². The molecule has 21 heavy (non-hydrogen) atoms. The standard InChI is InChI=1S/C15H19ClN2O3/c1-15(2)8-5-9-18(15)14(21)17-12(13(19)20)10-6-3-4-7-11(10)16/h3-4,6-7,12H,5,8-9H2,1-2H3,(H,17,21)(H,19,20)/t12-/m1/s1. The first-order valence-corrected chi connectivity index (χ1v) is 7.26. The molecule has 1 atom stereocenters. The largest absolute Gasteiger partial charge is 0.479 e. The van der Waals surface area contributed by atoms with Crippen LogP contribution in [0.25, 0.3) is 0 Å². The van der Waals surface area contributed by atoms with Gasteiger partial charge in [0.2, 0.25) is 0 Å². The molecule has 1 aliphatic heterocycles. The number of carboxylic acid groups (broad SMARTS) is 1. The number of nitrogens with zero attached hydrogens (tertiary/aromatic N) is 1. The normalized spacial score (nSPS) is 18.3. The van der Waals surface area contributed by atoms with E-state index in [4.69, 9.17) is 11.6 Å². The molecule has 0 unspecified atom stereocenters. The Morgan fingerprint density at radius 2 is 2.05 bits per heavy atom. The fourth-order valence-electron chi connectivity index (χ4n) is 2.67. The zero-order chi connectivity index (χ0) is 15.6. The quantitative estimate of drug-likeness (QED) is 0.901. The third-order valence-electron chi connectivity index (χ3n) is 3.88. The zero-order valence-electron chi connectivity index (χ0n) is 12.1. The van der Waals surface area contributed by atoms with Crippen LogP contribution in [0.1, 0.15) is 38.3 Å². The Morgan fingerprint density at radius 3 is 2.57 bits per heavy atom. The van der Waals surface area contributed by atoms with E-state index in [1.165, 1.54) is 0 Å². The molecule has 6 heteroatoms. The molecule has 0 bridgehead atoms. The molecular formula is C15H19ClN2O3. The summed E-state index contributed by atoms with van der Waals surface area (Å²) < 4.78 is 0. The van der Waals surface area contributed by atoms with E-state index in [9.17, 15) is 14.7 Å². The molecule has 0 aromatic heterocycles. The Labute approximate surface area is 128 Å². The van der Waals surface area contributed by atoms with E-state index >= 15 is 0 Å². The van der Waals surface area contributed by atoms with Crippen LogP contribution in [0.5, 0.6) is 0 Å². The Hall–Kier alpha value is -1.75. The number of aliphatic carboxylic acids is 1. The molecule has 1 aliphatic rings. The van der Waals surface area contributed by atoms with Gasteiger partial charge in [0.25, 0.3) is 0 Å². The van der Waals surface area contributed by atoms with Crippen LogP contribution < -0.4 is 5.32 Å². The van der Waals surface area contributed by atoms with Crippen LogP contribution in [-0.4, -0.2) is 34.1 Å². The zero-order valence-corrected chi connectivity index (χ0v) is 12.9. The fraction of sp³-hybridized carbons (Fsp3) is 0.467. The van der Waals surface area contributed by atoms with Gasteiger partial charge in [0.15, 0.2) is 6.04 Å². The van der Waals surface area contributed by atoms with Crippen molar-refractivity contribution in [3.05, 3.63) is 34.9 Å². The van der Waals surface area contributed by atoms with E-state index in [0.29, 0.717) is 17.1 Å². The number of amides is 2. The van der Waals surface area contributed by atoms with Gasteiger partial charge in [-0.2, -0.15) is 0 Å². The smallest absolute Gasteiger partial charge is 0.331 e. The second-order valence-corrected chi connectivity index (χ2v) is 6.22. The van der Waals surface area contributed by atoms with Crippen LogP contribution in [0.2, 0.25) is 5.02 Å². The number of hydrogen-bond donors (Lipinski definition) is 2. The lowest BCUT2D eigenvalue weighted by atomic mass is 10.0. The molecule has 1 fully saturated rings. The molecule has 0 spiro atoms. The monoisotopic (exact) mass is 310 g/mol. The van der Waals surface area contributed by atoms with E-state index in [-0.39, 0.29) is 11.6 Å². The number of urea groups is 1. The van der Waals surface area contributed by atoms with Crippen LogP contribution in [0.4, 0.5) is 4.79 Å². The maximum atomic E-state index is 12.4. The summed E-state index contributed by atoms with van der Waals surface area (Å²) in [6.07, 6.45) is 1.83. The van der Waals surface area contributed by atoms with Crippen LogP contribution in [-0.2, 0) is 4.79 Å². The Morgan fingerprint density at radius 1 is 1.38 bits per heavy atom. The maximum Gasteiger partial charge on any atom is 0.331 e. The number of carbonyl (C=O) groups is 2. The second kappa shape index (κ2) is 5.93. The molecule has 0 aliphatic carbocycles. The Kier molecular flexibility index (Phi) is 4.42. The van der Waals surface area contributed by atoms with Gasteiger partial charge in [-0.1, -0.05) is 29.8 Å². The van der Waals surface area contributed by atoms with Crippen LogP contribution in [0.3, 0.4) is 0 Å². The molecule has 0 radical (unpaired) electrons. The molecule has 1 aromatic carbocycles. The predicted octanol–water partition coefficient (Wildman–Crippen LogP) is 3.05. The summed E-state index contributed by atoms with van der Waals surface area (Å²) in [5, 5.41) is 12.3. The summed E-state index contributed by atoms with van der Waals surface area (Å²) in [4.78, 5) is 25.5. The summed E-state index contributed by atoms with van der Waals surface area (Å²) in [6, 6.07) is 5.11. The van der Waals surface area contributed by atoms with Crippen LogP contribution >= 0.6 is 11.6 Å². The summed E-state index contributed by atoms with van der Waals surface area (Å²) in [6.45, 7) is 4.59.